The van der Waals surface area contributed by atoms with Gasteiger partial charge in [-0.05, 0) is 17.7 Å². The molecule has 1 aliphatic heterocycles. The highest BCUT2D eigenvalue weighted by Crippen LogP contribution is 2.30. The van der Waals surface area contributed by atoms with Crippen LogP contribution in [0.2, 0.25) is 0 Å². The van der Waals surface area contributed by atoms with E-state index in [1.54, 1.807) is 0 Å². The molecule has 0 saturated heterocycles. The van der Waals surface area contributed by atoms with Gasteiger partial charge < -0.3 is 9.84 Å². The second-order valence-corrected chi connectivity index (χ2v) is 4.50. The minimum atomic E-state index is -0.238. The van der Waals surface area contributed by atoms with Gasteiger partial charge in [0.1, 0.15) is 6.04 Å². The van der Waals surface area contributed by atoms with Crippen LogP contribution in [-0.2, 0) is 4.74 Å². The molecule has 3 heteroatoms. The van der Waals surface area contributed by atoms with E-state index in [4.69, 9.17) is 4.74 Å². The smallest absolute Gasteiger partial charge is 0.217 e. The zero-order valence-electron chi connectivity index (χ0n) is 10.4. The van der Waals surface area contributed by atoms with Crippen molar-refractivity contribution in [2.45, 2.75) is 12.1 Å². The molecule has 0 saturated carbocycles. The number of aliphatic hydroxyl groups is 1. The second kappa shape index (κ2) is 5.24. The van der Waals surface area contributed by atoms with Crippen LogP contribution >= 0.6 is 0 Å². The number of ether oxygens (including phenoxy) is 1. The van der Waals surface area contributed by atoms with Crippen LogP contribution in [0, 0.1) is 0 Å². The van der Waals surface area contributed by atoms with Crippen LogP contribution in [-0.4, -0.2) is 23.7 Å². The van der Waals surface area contributed by atoms with Crippen molar-refractivity contribution < 1.29 is 9.84 Å². The Morgan fingerprint density at radius 2 is 1.58 bits per heavy atom. The van der Waals surface area contributed by atoms with E-state index >= 15 is 0 Å². The van der Waals surface area contributed by atoms with Gasteiger partial charge in [-0.15, -0.1) is 0 Å². The molecule has 2 unspecified atom stereocenters. The molecule has 0 amide bonds. The monoisotopic (exact) mass is 253 g/mol. The van der Waals surface area contributed by atoms with Crippen molar-refractivity contribution in [3.05, 3.63) is 71.8 Å². The van der Waals surface area contributed by atoms with Crippen molar-refractivity contribution in [1.82, 2.24) is 0 Å². The fraction of sp³-hybridized carbons (Fsp3) is 0.188. The molecule has 0 spiro atoms. The van der Waals surface area contributed by atoms with Gasteiger partial charge in [0.15, 0.2) is 6.10 Å². The Balaban J connectivity index is 1.88. The molecule has 1 aliphatic rings. The number of hydrogen-bond acceptors (Lipinski definition) is 3. The molecule has 2 aromatic rings. The maximum Gasteiger partial charge on any atom is 0.217 e. The lowest BCUT2D eigenvalue weighted by molar-refractivity contribution is 0.152. The van der Waals surface area contributed by atoms with Gasteiger partial charge in [0.25, 0.3) is 0 Å². The number of aliphatic imine (C=N–C) groups is 1. The van der Waals surface area contributed by atoms with Gasteiger partial charge in [-0.3, -0.25) is 0 Å². The van der Waals surface area contributed by atoms with E-state index < -0.39 is 0 Å². The van der Waals surface area contributed by atoms with E-state index in [0.717, 1.165) is 11.1 Å². The molecule has 2 atom stereocenters. The van der Waals surface area contributed by atoms with E-state index in [2.05, 4.69) is 4.99 Å². The van der Waals surface area contributed by atoms with Gasteiger partial charge in [0.05, 0.1) is 6.61 Å². The quantitative estimate of drug-likeness (QED) is 0.913. The zero-order chi connectivity index (χ0) is 13.1. The van der Waals surface area contributed by atoms with Gasteiger partial charge in [0, 0.05) is 5.56 Å². The van der Waals surface area contributed by atoms with E-state index in [1.807, 2.05) is 60.7 Å². The van der Waals surface area contributed by atoms with Crippen LogP contribution in [0.1, 0.15) is 17.2 Å². The maximum atomic E-state index is 9.48. The lowest BCUT2D eigenvalue weighted by Gasteiger charge is -2.16. The van der Waals surface area contributed by atoms with Crippen LogP contribution < -0.4 is 0 Å². The summed E-state index contributed by atoms with van der Waals surface area (Å²) in [5.41, 5.74) is 1.98. The molecular weight excluding hydrogens is 238 g/mol. The predicted octanol–water partition coefficient (Wildman–Crippen LogP) is 2.57. The van der Waals surface area contributed by atoms with Crippen LogP contribution in [0.4, 0.5) is 0 Å². The third kappa shape index (κ3) is 2.37. The van der Waals surface area contributed by atoms with Crippen molar-refractivity contribution in [2.24, 2.45) is 4.99 Å². The molecule has 0 bridgehead atoms. The summed E-state index contributed by atoms with van der Waals surface area (Å²) in [6, 6.07) is 19.4. The third-order valence-electron chi connectivity index (χ3n) is 3.21. The van der Waals surface area contributed by atoms with Crippen LogP contribution in [0.5, 0.6) is 0 Å². The van der Waals surface area contributed by atoms with Gasteiger partial charge in [-0.2, -0.15) is 0 Å². The molecule has 2 aromatic carbocycles. The normalized spacial score (nSPS) is 21.8. The second-order valence-electron chi connectivity index (χ2n) is 4.50. The first-order valence-electron chi connectivity index (χ1n) is 6.34. The Morgan fingerprint density at radius 1 is 0.947 bits per heavy atom. The summed E-state index contributed by atoms with van der Waals surface area (Å²) < 4.78 is 5.93. The Labute approximate surface area is 112 Å². The Bertz CT molecular complexity index is 566. The lowest BCUT2D eigenvalue weighted by atomic mass is 10.0. The first-order valence-corrected chi connectivity index (χ1v) is 6.34. The highest BCUT2D eigenvalue weighted by atomic mass is 16.5. The highest BCUT2D eigenvalue weighted by Gasteiger charge is 2.32. The number of nitrogens with zero attached hydrogens (tertiary/aromatic N) is 1. The summed E-state index contributed by atoms with van der Waals surface area (Å²) in [6.45, 7) is -0.0180. The SMILES string of the molecule is OCC1N=C(c2ccccc2)OC1c1ccccc1. The van der Waals surface area contributed by atoms with E-state index in [9.17, 15) is 5.11 Å². The van der Waals surface area contributed by atoms with Crippen molar-refractivity contribution >= 4 is 5.90 Å². The van der Waals surface area contributed by atoms with Gasteiger partial charge in [0.2, 0.25) is 5.90 Å². The van der Waals surface area contributed by atoms with E-state index in [1.165, 1.54) is 0 Å². The number of hydrogen-bond donors (Lipinski definition) is 1. The van der Waals surface area contributed by atoms with Crippen LogP contribution in [0.15, 0.2) is 65.7 Å². The Morgan fingerprint density at radius 3 is 2.21 bits per heavy atom. The summed E-state index contributed by atoms with van der Waals surface area (Å²) in [6.07, 6.45) is -0.207. The first kappa shape index (κ1) is 11.9. The fourth-order valence-corrected chi connectivity index (χ4v) is 2.24. The molecule has 0 aromatic heterocycles. The molecule has 0 aliphatic carbocycles. The van der Waals surface area contributed by atoms with Crippen molar-refractivity contribution in [2.75, 3.05) is 6.61 Å². The maximum absolute atomic E-state index is 9.48. The first-order chi connectivity index (χ1) is 9.38. The number of benzene rings is 2. The predicted molar refractivity (Wildman–Crippen MR) is 74.1 cm³/mol. The highest BCUT2D eigenvalue weighted by molar-refractivity contribution is 5.95. The molecule has 1 heterocycles. The average molecular weight is 253 g/mol. The molecule has 3 nitrogen and oxygen atoms in total. The minimum absolute atomic E-state index is 0.0180. The molecule has 3 rings (SSSR count). The Kier molecular flexibility index (Phi) is 3.29. The van der Waals surface area contributed by atoms with E-state index in [0.29, 0.717) is 5.90 Å². The summed E-state index contributed by atoms with van der Waals surface area (Å²) in [5.74, 6) is 0.605. The standard InChI is InChI=1S/C16H15NO2/c18-11-14-15(12-7-3-1-4-8-12)19-16(17-14)13-9-5-2-6-10-13/h1-10,14-15,18H,11H2. The van der Waals surface area contributed by atoms with Crippen molar-refractivity contribution in [3.8, 4) is 0 Å². The summed E-state index contributed by atoms with van der Waals surface area (Å²) in [5, 5.41) is 9.48. The molecule has 19 heavy (non-hydrogen) atoms. The molecule has 0 fully saturated rings. The summed E-state index contributed by atoms with van der Waals surface area (Å²) in [4.78, 5) is 4.48. The number of rotatable bonds is 3. The summed E-state index contributed by atoms with van der Waals surface area (Å²) >= 11 is 0. The lowest BCUT2D eigenvalue weighted by Crippen LogP contribution is -2.17. The number of aliphatic hydroxyl groups excluding tert-OH is 1. The third-order valence-corrected chi connectivity index (χ3v) is 3.21. The van der Waals surface area contributed by atoms with E-state index in [-0.39, 0.29) is 18.8 Å². The van der Waals surface area contributed by atoms with Gasteiger partial charge >= 0.3 is 0 Å². The van der Waals surface area contributed by atoms with Crippen molar-refractivity contribution in [3.63, 3.8) is 0 Å². The topological polar surface area (TPSA) is 41.8 Å². The van der Waals surface area contributed by atoms with Gasteiger partial charge in [-0.25, -0.2) is 4.99 Å². The average Bonchev–Trinajstić information content (AvgIpc) is 2.93. The van der Waals surface area contributed by atoms with Crippen LogP contribution in [0.25, 0.3) is 0 Å². The van der Waals surface area contributed by atoms with Crippen LogP contribution in [0.3, 0.4) is 0 Å². The van der Waals surface area contributed by atoms with Gasteiger partial charge in [-0.1, -0.05) is 48.5 Å². The molecular formula is C16H15NO2. The fourth-order valence-electron chi connectivity index (χ4n) is 2.24. The Hall–Kier alpha value is -2.13. The molecule has 1 N–H and O–H groups in total. The summed E-state index contributed by atoms with van der Waals surface area (Å²) in [7, 11) is 0. The zero-order valence-corrected chi connectivity index (χ0v) is 10.4. The largest absolute Gasteiger partial charge is 0.467 e. The minimum Gasteiger partial charge on any atom is -0.467 e. The van der Waals surface area contributed by atoms with Crippen molar-refractivity contribution in [1.29, 1.82) is 0 Å². The molecule has 96 valence electrons. The molecule has 0 radical (unpaired) electrons.